The zero-order valence-electron chi connectivity index (χ0n) is 16.3. The van der Waals surface area contributed by atoms with Crippen molar-refractivity contribution in [3.05, 3.63) is 59.2 Å². The van der Waals surface area contributed by atoms with Gasteiger partial charge in [-0.1, -0.05) is 24.3 Å². The van der Waals surface area contributed by atoms with E-state index in [-0.39, 0.29) is 31.0 Å². The highest BCUT2D eigenvalue weighted by molar-refractivity contribution is 6.03. The van der Waals surface area contributed by atoms with Crippen molar-refractivity contribution in [1.29, 1.82) is 0 Å². The summed E-state index contributed by atoms with van der Waals surface area (Å²) < 4.78 is 15.8. The van der Waals surface area contributed by atoms with Crippen molar-refractivity contribution in [1.82, 2.24) is 0 Å². The summed E-state index contributed by atoms with van der Waals surface area (Å²) in [5, 5.41) is 0. The number of methoxy groups -OCH3 is 1. The molecule has 3 rings (SSSR count). The second kappa shape index (κ2) is 10.7. The molecule has 0 spiro atoms. The average Bonchev–Trinajstić information content (AvgIpc) is 2.77. The topological polar surface area (TPSA) is 80.3 Å². The minimum atomic E-state index is -0.119. The molecule has 2 aromatic rings. The lowest BCUT2D eigenvalue weighted by molar-refractivity contribution is -0.307. The number of ketones is 2. The number of Topliss-reactive ketones (excluding diaryl/α,β-unsaturated/α-hetero) is 2. The highest BCUT2D eigenvalue weighted by Gasteiger charge is 2.17. The summed E-state index contributed by atoms with van der Waals surface area (Å²) in [5.74, 6) is 0.953. The van der Waals surface area contributed by atoms with Crippen LogP contribution in [-0.4, -0.2) is 45.1 Å². The van der Waals surface area contributed by atoms with Crippen LogP contribution in [0.2, 0.25) is 0 Å². The van der Waals surface area contributed by atoms with Crippen LogP contribution in [0.5, 0.6) is 11.5 Å². The van der Waals surface area contributed by atoms with E-state index >= 15 is 0 Å². The molecule has 7 nitrogen and oxygen atoms in total. The number of hydrogen-bond donors (Lipinski definition) is 0. The summed E-state index contributed by atoms with van der Waals surface area (Å²) in [6.45, 7) is 1.81. The molecule has 0 fully saturated rings. The predicted octanol–water partition coefficient (Wildman–Crippen LogP) is 3.40. The van der Waals surface area contributed by atoms with Crippen LogP contribution in [0.3, 0.4) is 0 Å². The van der Waals surface area contributed by atoms with Gasteiger partial charge in [-0.2, -0.15) is 0 Å². The molecule has 0 atom stereocenters. The predicted molar refractivity (Wildman–Crippen MR) is 104 cm³/mol. The highest BCUT2D eigenvalue weighted by atomic mass is 17.2. The third-order valence-electron chi connectivity index (χ3n) is 4.43. The van der Waals surface area contributed by atoms with Crippen LogP contribution < -0.4 is 9.47 Å². The molecular formula is C22H24O7. The largest absolute Gasteiger partial charge is 0.486 e. The van der Waals surface area contributed by atoms with E-state index in [9.17, 15) is 9.59 Å². The zero-order valence-corrected chi connectivity index (χ0v) is 16.3. The van der Waals surface area contributed by atoms with Crippen molar-refractivity contribution in [2.24, 2.45) is 0 Å². The SMILES string of the molecule is COCCOOCc1ccccc1C(=O)CCC(=O)c1ccc2c(c1)OCCO2. The number of fused-ring (bicyclic) bond motifs is 1. The fourth-order valence-corrected chi connectivity index (χ4v) is 2.92. The van der Waals surface area contributed by atoms with Crippen LogP contribution in [-0.2, 0) is 21.1 Å². The molecule has 0 aromatic heterocycles. The molecule has 0 bridgehead atoms. The molecule has 1 heterocycles. The molecule has 0 aliphatic carbocycles. The molecule has 1 aliphatic heterocycles. The number of rotatable bonds is 11. The number of carbonyl (C=O) groups excluding carboxylic acids is 2. The fourth-order valence-electron chi connectivity index (χ4n) is 2.92. The monoisotopic (exact) mass is 400 g/mol. The Balaban J connectivity index is 1.56. The number of hydrogen-bond acceptors (Lipinski definition) is 7. The summed E-state index contributed by atoms with van der Waals surface area (Å²) >= 11 is 0. The molecule has 0 amide bonds. The Morgan fingerprint density at radius 2 is 1.66 bits per heavy atom. The van der Waals surface area contributed by atoms with Gasteiger partial charge < -0.3 is 14.2 Å². The first-order valence-corrected chi connectivity index (χ1v) is 9.46. The van der Waals surface area contributed by atoms with E-state index in [0.717, 1.165) is 0 Å². The van der Waals surface area contributed by atoms with Gasteiger partial charge in [0.25, 0.3) is 0 Å². The van der Waals surface area contributed by atoms with Crippen molar-refractivity contribution in [2.75, 3.05) is 33.5 Å². The molecule has 0 radical (unpaired) electrons. The van der Waals surface area contributed by atoms with Crippen LogP contribution in [0.4, 0.5) is 0 Å². The summed E-state index contributed by atoms with van der Waals surface area (Å²) in [5.41, 5.74) is 1.74. The van der Waals surface area contributed by atoms with Gasteiger partial charge in [0, 0.05) is 31.1 Å². The smallest absolute Gasteiger partial charge is 0.163 e. The summed E-state index contributed by atoms with van der Waals surface area (Å²) in [4.78, 5) is 35.3. The van der Waals surface area contributed by atoms with Gasteiger partial charge in [0.05, 0.1) is 6.61 Å². The first-order chi connectivity index (χ1) is 14.2. The van der Waals surface area contributed by atoms with Gasteiger partial charge in [-0.3, -0.25) is 9.59 Å². The van der Waals surface area contributed by atoms with Crippen LogP contribution in [0.15, 0.2) is 42.5 Å². The number of benzene rings is 2. The molecule has 0 saturated carbocycles. The number of ether oxygens (including phenoxy) is 3. The maximum atomic E-state index is 12.7. The standard InChI is InChI=1S/C22H24O7/c1-25-10-13-28-29-15-17-4-2-3-5-18(17)20(24)8-7-19(23)16-6-9-21-22(14-16)27-12-11-26-21/h2-6,9,14H,7-8,10-13,15H2,1H3. The average molecular weight is 400 g/mol. The Morgan fingerprint density at radius 1 is 0.897 bits per heavy atom. The number of carbonyl (C=O) groups is 2. The second-order valence-electron chi connectivity index (χ2n) is 6.44. The van der Waals surface area contributed by atoms with Crippen molar-refractivity contribution in [3.63, 3.8) is 0 Å². The van der Waals surface area contributed by atoms with Crippen molar-refractivity contribution in [2.45, 2.75) is 19.4 Å². The molecule has 29 heavy (non-hydrogen) atoms. The van der Waals surface area contributed by atoms with E-state index in [2.05, 4.69) is 0 Å². The van der Waals surface area contributed by atoms with Crippen molar-refractivity contribution in [3.8, 4) is 11.5 Å². The lowest BCUT2D eigenvalue weighted by atomic mass is 9.98. The molecule has 7 heteroatoms. The molecule has 1 aliphatic rings. The Bertz CT molecular complexity index is 847. The molecule has 0 saturated heterocycles. The summed E-state index contributed by atoms with van der Waals surface area (Å²) in [7, 11) is 1.57. The van der Waals surface area contributed by atoms with Gasteiger partial charge in [0.1, 0.15) is 26.4 Å². The Labute approximate surface area is 169 Å². The van der Waals surface area contributed by atoms with E-state index in [1.807, 2.05) is 6.07 Å². The second-order valence-corrected chi connectivity index (χ2v) is 6.44. The normalized spacial score (nSPS) is 12.6. The van der Waals surface area contributed by atoms with Gasteiger partial charge in [0.15, 0.2) is 23.1 Å². The molecule has 154 valence electrons. The lowest BCUT2D eigenvalue weighted by Crippen LogP contribution is -2.16. The zero-order chi connectivity index (χ0) is 20.5. The van der Waals surface area contributed by atoms with E-state index in [4.69, 9.17) is 24.0 Å². The minimum Gasteiger partial charge on any atom is -0.486 e. The van der Waals surface area contributed by atoms with Crippen LogP contribution in [0.25, 0.3) is 0 Å². The van der Waals surface area contributed by atoms with Gasteiger partial charge in [-0.15, -0.1) is 0 Å². The molecule has 0 N–H and O–H groups in total. The molecular weight excluding hydrogens is 376 g/mol. The van der Waals surface area contributed by atoms with Gasteiger partial charge in [-0.05, 0) is 23.8 Å². The molecule has 0 unspecified atom stereocenters. The Kier molecular flexibility index (Phi) is 7.75. The molecule has 2 aromatic carbocycles. The summed E-state index contributed by atoms with van der Waals surface area (Å²) in [6, 6.07) is 12.2. The van der Waals surface area contributed by atoms with E-state index in [1.165, 1.54) is 0 Å². The van der Waals surface area contributed by atoms with Crippen molar-refractivity contribution < 1.29 is 33.6 Å². The minimum absolute atomic E-state index is 0.106. The van der Waals surface area contributed by atoms with Gasteiger partial charge in [0.2, 0.25) is 0 Å². The van der Waals surface area contributed by atoms with E-state index < -0.39 is 0 Å². The first kappa shape index (κ1) is 21.0. The van der Waals surface area contributed by atoms with Gasteiger partial charge >= 0.3 is 0 Å². The van der Waals surface area contributed by atoms with Gasteiger partial charge in [-0.25, -0.2) is 9.78 Å². The Morgan fingerprint density at radius 3 is 2.48 bits per heavy atom. The van der Waals surface area contributed by atoms with E-state index in [0.29, 0.717) is 54.6 Å². The Hall–Kier alpha value is -2.74. The quantitative estimate of drug-likeness (QED) is 0.247. The lowest BCUT2D eigenvalue weighted by Gasteiger charge is -2.18. The van der Waals surface area contributed by atoms with Crippen molar-refractivity contribution >= 4 is 11.6 Å². The third-order valence-corrected chi connectivity index (χ3v) is 4.43. The van der Waals surface area contributed by atoms with Crippen LogP contribution >= 0.6 is 0 Å². The fraction of sp³-hybridized carbons (Fsp3) is 0.364. The highest BCUT2D eigenvalue weighted by Crippen LogP contribution is 2.31. The van der Waals surface area contributed by atoms with Crippen LogP contribution in [0.1, 0.15) is 39.1 Å². The summed E-state index contributed by atoms with van der Waals surface area (Å²) in [6.07, 6.45) is 0.215. The maximum absolute atomic E-state index is 12.7. The van der Waals surface area contributed by atoms with E-state index in [1.54, 1.807) is 43.5 Å². The maximum Gasteiger partial charge on any atom is 0.163 e. The van der Waals surface area contributed by atoms with Crippen LogP contribution in [0, 0.1) is 0 Å². The first-order valence-electron chi connectivity index (χ1n) is 9.46. The third kappa shape index (κ3) is 5.87.